The molecule has 1 unspecified atom stereocenters. The van der Waals surface area contributed by atoms with Crippen molar-refractivity contribution in [3.8, 4) is 0 Å². The molecule has 19 heavy (non-hydrogen) atoms. The summed E-state index contributed by atoms with van der Waals surface area (Å²) in [6, 6.07) is 6.94. The third-order valence-electron chi connectivity index (χ3n) is 3.31. The lowest BCUT2D eigenvalue weighted by Gasteiger charge is -2.28. The molecule has 0 saturated carbocycles. The molecule has 1 aliphatic heterocycles. The first-order valence-electron chi connectivity index (χ1n) is 6.26. The number of nitrogens with one attached hydrogen (secondary N) is 2. The molecular formula is C14H17ClN2O2. The Hall–Kier alpha value is -1.55. The molecule has 1 aliphatic rings. The van der Waals surface area contributed by atoms with Crippen molar-refractivity contribution in [1.82, 2.24) is 10.6 Å². The van der Waals surface area contributed by atoms with Gasteiger partial charge >= 0.3 is 0 Å². The molecule has 0 aromatic heterocycles. The first-order chi connectivity index (χ1) is 8.88. The number of hydrogen-bond donors (Lipinski definition) is 2. The Morgan fingerprint density at radius 3 is 2.53 bits per heavy atom. The predicted molar refractivity (Wildman–Crippen MR) is 73.8 cm³/mol. The summed E-state index contributed by atoms with van der Waals surface area (Å²) in [5.41, 5.74) is 0.462. The van der Waals surface area contributed by atoms with Crippen LogP contribution >= 0.6 is 11.6 Å². The molecule has 2 rings (SSSR count). The van der Waals surface area contributed by atoms with Gasteiger partial charge in [0.25, 0.3) is 0 Å². The highest BCUT2D eigenvalue weighted by Crippen LogP contribution is 2.22. The van der Waals surface area contributed by atoms with Crippen molar-refractivity contribution in [2.75, 3.05) is 0 Å². The molecule has 0 bridgehead atoms. The summed E-state index contributed by atoms with van der Waals surface area (Å²) in [4.78, 5) is 23.2. The average Bonchev–Trinajstić information content (AvgIpc) is 2.76. The van der Waals surface area contributed by atoms with Crippen LogP contribution in [0, 0.1) is 0 Å². The van der Waals surface area contributed by atoms with E-state index >= 15 is 0 Å². The molecule has 4 nitrogen and oxygen atoms in total. The zero-order chi connectivity index (χ0) is 14.0. The smallest absolute Gasteiger partial charge is 0.243 e. The lowest BCUT2D eigenvalue weighted by Crippen LogP contribution is -2.49. The highest BCUT2D eigenvalue weighted by Gasteiger charge is 2.31. The van der Waals surface area contributed by atoms with Gasteiger partial charge < -0.3 is 10.6 Å². The van der Waals surface area contributed by atoms with E-state index in [4.69, 9.17) is 11.6 Å². The van der Waals surface area contributed by atoms with Crippen LogP contribution in [0.1, 0.15) is 32.3 Å². The van der Waals surface area contributed by atoms with Crippen molar-refractivity contribution in [1.29, 1.82) is 0 Å². The van der Waals surface area contributed by atoms with Crippen LogP contribution < -0.4 is 10.6 Å². The summed E-state index contributed by atoms with van der Waals surface area (Å²) in [6.07, 6.45) is 0.973. The van der Waals surface area contributed by atoms with Crippen molar-refractivity contribution in [2.45, 2.75) is 38.3 Å². The van der Waals surface area contributed by atoms with Gasteiger partial charge in [-0.05, 0) is 38.0 Å². The molecule has 0 radical (unpaired) electrons. The van der Waals surface area contributed by atoms with Crippen molar-refractivity contribution < 1.29 is 9.59 Å². The Morgan fingerprint density at radius 2 is 2.00 bits per heavy atom. The normalized spacial score (nSPS) is 19.1. The van der Waals surface area contributed by atoms with E-state index in [1.54, 1.807) is 12.1 Å². The highest BCUT2D eigenvalue weighted by molar-refractivity contribution is 6.30. The Kier molecular flexibility index (Phi) is 3.80. The summed E-state index contributed by atoms with van der Waals surface area (Å²) in [5, 5.41) is 6.28. The van der Waals surface area contributed by atoms with Crippen LogP contribution in [0.25, 0.3) is 0 Å². The molecule has 2 N–H and O–H groups in total. The molecule has 0 aliphatic carbocycles. The third kappa shape index (κ3) is 3.26. The lowest BCUT2D eigenvalue weighted by molar-refractivity contribution is -0.127. The van der Waals surface area contributed by atoms with E-state index in [0.29, 0.717) is 17.9 Å². The van der Waals surface area contributed by atoms with Gasteiger partial charge in [-0.2, -0.15) is 0 Å². The predicted octanol–water partition coefficient (Wildman–Crippen LogP) is 1.97. The van der Waals surface area contributed by atoms with E-state index in [1.807, 2.05) is 26.0 Å². The fraction of sp³-hybridized carbons (Fsp3) is 0.429. The largest absolute Gasteiger partial charge is 0.345 e. The van der Waals surface area contributed by atoms with E-state index in [9.17, 15) is 9.59 Å². The van der Waals surface area contributed by atoms with Crippen LogP contribution in [0.3, 0.4) is 0 Å². The van der Waals surface area contributed by atoms with Gasteiger partial charge in [-0.3, -0.25) is 9.59 Å². The number of amides is 2. The fourth-order valence-corrected chi connectivity index (χ4v) is 2.27. The van der Waals surface area contributed by atoms with Gasteiger partial charge in [0.15, 0.2) is 0 Å². The van der Waals surface area contributed by atoms with Crippen molar-refractivity contribution in [3.05, 3.63) is 34.9 Å². The molecule has 1 heterocycles. The minimum absolute atomic E-state index is 0.0653. The molecule has 0 spiro atoms. The molecule has 1 aromatic rings. The first-order valence-corrected chi connectivity index (χ1v) is 6.64. The van der Waals surface area contributed by atoms with E-state index < -0.39 is 11.6 Å². The highest BCUT2D eigenvalue weighted by atomic mass is 35.5. The quantitative estimate of drug-likeness (QED) is 0.889. The number of hydrogen-bond acceptors (Lipinski definition) is 2. The van der Waals surface area contributed by atoms with E-state index in [2.05, 4.69) is 10.6 Å². The Bertz CT molecular complexity index is 497. The second-order valence-electron chi connectivity index (χ2n) is 5.28. The molecule has 102 valence electrons. The van der Waals surface area contributed by atoms with Crippen molar-refractivity contribution >= 4 is 23.4 Å². The fourth-order valence-electron chi connectivity index (χ4n) is 2.14. The zero-order valence-corrected chi connectivity index (χ0v) is 11.8. The van der Waals surface area contributed by atoms with Crippen LogP contribution in [0.4, 0.5) is 0 Å². The second kappa shape index (κ2) is 5.21. The Labute approximate surface area is 117 Å². The maximum absolute atomic E-state index is 12.1. The van der Waals surface area contributed by atoms with Gasteiger partial charge in [0.1, 0.15) is 6.04 Å². The number of halogens is 1. The SMILES string of the molecule is CC(C)(NC(=O)C1CCC(=O)N1)c1ccc(Cl)cc1. The molecule has 1 fully saturated rings. The summed E-state index contributed by atoms with van der Waals surface area (Å²) >= 11 is 5.85. The number of rotatable bonds is 3. The maximum Gasteiger partial charge on any atom is 0.243 e. The molecular weight excluding hydrogens is 264 g/mol. The van der Waals surface area contributed by atoms with E-state index in [0.717, 1.165) is 5.56 Å². The lowest BCUT2D eigenvalue weighted by atomic mass is 9.94. The van der Waals surface area contributed by atoms with Crippen molar-refractivity contribution in [3.63, 3.8) is 0 Å². The minimum atomic E-state index is -0.505. The van der Waals surface area contributed by atoms with Crippen LogP contribution in [-0.4, -0.2) is 17.9 Å². The number of carbonyl (C=O) groups is 2. The summed E-state index contributed by atoms with van der Waals surface area (Å²) in [6.45, 7) is 3.84. The van der Waals surface area contributed by atoms with Crippen LogP contribution in [0.15, 0.2) is 24.3 Å². The Balaban J connectivity index is 2.06. The molecule has 2 amide bonds. The van der Waals surface area contributed by atoms with Gasteiger partial charge in [-0.25, -0.2) is 0 Å². The molecule has 1 saturated heterocycles. The molecule has 1 aromatic carbocycles. The van der Waals surface area contributed by atoms with Crippen molar-refractivity contribution in [2.24, 2.45) is 0 Å². The van der Waals surface area contributed by atoms with E-state index in [-0.39, 0.29) is 11.8 Å². The molecule has 5 heteroatoms. The third-order valence-corrected chi connectivity index (χ3v) is 3.57. The van der Waals surface area contributed by atoms with Gasteiger partial charge in [-0.1, -0.05) is 23.7 Å². The van der Waals surface area contributed by atoms with Gasteiger partial charge in [0, 0.05) is 11.4 Å². The van der Waals surface area contributed by atoms with Gasteiger partial charge in [-0.15, -0.1) is 0 Å². The summed E-state index contributed by atoms with van der Waals surface area (Å²) < 4.78 is 0. The standard InChI is InChI=1S/C14H17ClN2O2/c1-14(2,9-3-5-10(15)6-4-9)17-13(19)11-7-8-12(18)16-11/h3-6,11H,7-8H2,1-2H3,(H,16,18)(H,17,19). The second-order valence-corrected chi connectivity index (χ2v) is 5.72. The molecule has 1 atom stereocenters. The number of carbonyl (C=O) groups excluding carboxylic acids is 2. The monoisotopic (exact) mass is 280 g/mol. The Morgan fingerprint density at radius 1 is 1.37 bits per heavy atom. The summed E-state index contributed by atoms with van der Waals surface area (Å²) in [5.74, 6) is -0.213. The van der Waals surface area contributed by atoms with Crippen LogP contribution in [-0.2, 0) is 15.1 Å². The van der Waals surface area contributed by atoms with Gasteiger partial charge in [0.05, 0.1) is 5.54 Å². The topological polar surface area (TPSA) is 58.2 Å². The number of benzene rings is 1. The van der Waals surface area contributed by atoms with E-state index in [1.165, 1.54) is 0 Å². The summed E-state index contributed by atoms with van der Waals surface area (Å²) in [7, 11) is 0. The zero-order valence-electron chi connectivity index (χ0n) is 11.0. The minimum Gasteiger partial charge on any atom is -0.345 e. The van der Waals surface area contributed by atoms with Crippen LogP contribution in [0.2, 0.25) is 5.02 Å². The van der Waals surface area contributed by atoms with Gasteiger partial charge in [0.2, 0.25) is 11.8 Å². The maximum atomic E-state index is 12.1. The first kappa shape index (κ1) is 13.9. The average molecular weight is 281 g/mol. The van der Waals surface area contributed by atoms with Crippen LogP contribution in [0.5, 0.6) is 0 Å².